The van der Waals surface area contributed by atoms with Gasteiger partial charge >= 0.3 is 12.0 Å². The number of thiazole rings is 1. The molecule has 1 N–H and O–H groups in total. The van der Waals surface area contributed by atoms with Crippen molar-refractivity contribution in [1.82, 2.24) is 9.88 Å². The number of nitrogens with one attached hydrogen (secondary N) is 1. The summed E-state index contributed by atoms with van der Waals surface area (Å²) < 4.78 is 4.85. The lowest BCUT2D eigenvalue weighted by molar-refractivity contribution is -0.142. The summed E-state index contributed by atoms with van der Waals surface area (Å²) in [5.41, 5.74) is 0.911. The molecule has 0 radical (unpaired) electrons. The normalized spacial score (nSPS) is 18.0. The van der Waals surface area contributed by atoms with Gasteiger partial charge < -0.3 is 10.1 Å². The predicted molar refractivity (Wildman–Crippen MR) is 102 cm³/mol. The maximum Gasteiger partial charge on any atom is 0.350 e. The Labute approximate surface area is 164 Å². The van der Waals surface area contributed by atoms with Gasteiger partial charge in [-0.1, -0.05) is 18.2 Å². The van der Waals surface area contributed by atoms with Crippen LogP contribution in [0.25, 0.3) is 0 Å². The predicted octanol–water partition coefficient (Wildman–Crippen LogP) is 1.72. The minimum Gasteiger partial charge on any atom is -0.466 e. The molecule has 10 heteroatoms. The number of amides is 4. The van der Waals surface area contributed by atoms with E-state index in [9.17, 15) is 19.2 Å². The van der Waals surface area contributed by atoms with Crippen LogP contribution in [0.1, 0.15) is 19.0 Å². The van der Waals surface area contributed by atoms with E-state index >= 15 is 0 Å². The average Bonchev–Trinajstić information content (AvgIpc) is 3.08. The van der Waals surface area contributed by atoms with Crippen LogP contribution in [-0.4, -0.2) is 52.6 Å². The van der Waals surface area contributed by atoms with E-state index in [0.29, 0.717) is 23.1 Å². The van der Waals surface area contributed by atoms with E-state index in [-0.39, 0.29) is 25.4 Å². The Morgan fingerprint density at radius 2 is 2.14 bits per heavy atom. The fourth-order valence-electron chi connectivity index (χ4n) is 2.69. The average molecular weight is 402 g/mol. The lowest BCUT2D eigenvalue weighted by Gasteiger charge is -2.27. The molecule has 0 saturated heterocycles. The Morgan fingerprint density at radius 1 is 1.32 bits per heavy atom. The molecule has 146 valence electrons. The summed E-state index contributed by atoms with van der Waals surface area (Å²) in [4.78, 5) is 57.1. The Morgan fingerprint density at radius 3 is 2.93 bits per heavy atom. The van der Waals surface area contributed by atoms with Crippen LogP contribution in [0.4, 0.5) is 9.93 Å². The molecular formula is C18H18N4O5S. The molecule has 1 aliphatic carbocycles. The summed E-state index contributed by atoms with van der Waals surface area (Å²) in [5, 5.41) is 4.59. The lowest BCUT2D eigenvalue weighted by Crippen LogP contribution is -2.46. The first-order valence-electron chi connectivity index (χ1n) is 8.66. The zero-order valence-electron chi connectivity index (χ0n) is 15.1. The van der Waals surface area contributed by atoms with E-state index in [0.717, 1.165) is 4.90 Å². The number of fused-ring (bicyclic) bond motifs is 1. The number of hydrogen-bond donors (Lipinski definition) is 1. The maximum atomic E-state index is 12.5. The second-order valence-electron chi connectivity index (χ2n) is 5.95. The van der Waals surface area contributed by atoms with Gasteiger partial charge in [0.25, 0.3) is 0 Å². The number of carbonyl (C=O) groups excluding carboxylic acids is 4. The first kappa shape index (κ1) is 19.6. The van der Waals surface area contributed by atoms with Crippen molar-refractivity contribution in [2.24, 2.45) is 10.9 Å². The molecule has 1 aromatic rings. The Kier molecular flexibility index (Phi) is 6.09. The number of hydrogen-bond acceptors (Lipinski definition) is 7. The number of imide groups is 1. The van der Waals surface area contributed by atoms with Crippen molar-refractivity contribution in [1.29, 1.82) is 0 Å². The number of aliphatic imine (C=N–C) groups is 1. The van der Waals surface area contributed by atoms with Crippen molar-refractivity contribution >= 4 is 46.0 Å². The van der Waals surface area contributed by atoms with Crippen LogP contribution in [0, 0.1) is 5.92 Å². The monoisotopic (exact) mass is 402 g/mol. The fourth-order valence-corrected chi connectivity index (χ4v) is 3.41. The standard InChI is InChI=1S/C18H18N4O5S/c1-2-27-15(24)9-11-10-28-17(19-11)21-14(23)7-8-22-16(25)12-5-3-4-6-13(12)20-18(22)26/h3-6,10,12H,2,7-9H2,1H3,(H,19,21,23). The van der Waals surface area contributed by atoms with Crippen LogP contribution in [0.3, 0.4) is 0 Å². The van der Waals surface area contributed by atoms with E-state index < -0.39 is 23.8 Å². The molecule has 2 heterocycles. The number of ether oxygens (including phenoxy) is 1. The minimum absolute atomic E-state index is 0.0285. The van der Waals surface area contributed by atoms with E-state index in [1.807, 2.05) is 0 Å². The molecule has 2 aliphatic rings. The summed E-state index contributed by atoms with van der Waals surface area (Å²) in [6, 6.07) is -0.671. The third-order valence-electron chi connectivity index (χ3n) is 3.98. The van der Waals surface area contributed by atoms with Gasteiger partial charge in [-0.25, -0.2) is 9.78 Å². The van der Waals surface area contributed by atoms with Gasteiger partial charge in [-0.3, -0.25) is 19.3 Å². The van der Waals surface area contributed by atoms with Gasteiger partial charge in [0.05, 0.1) is 30.4 Å². The molecule has 9 nitrogen and oxygen atoms in total. The lowest BCUT2D eigenvalue weighted by atomic mass is 9.95. The van der Waals surface area contributed by atoms with Gasteiger partial charge in [-0.05, 0) is 13.0 Å². The molecule has 0 aromatic carbocycles. The van der Waals surface area contributed by atoms with Crippen molar-refractivity contribution in [3.05, 3.63) is 35.4 Å². The van der Waals surface area contributed by atoms with E-state index in [2.05, 4.69) is 15.3 Å². The first-order valence-corrected chi connectivity index (χ1v) is 9.54. The molecule has 1 unspecified atom stereocenters. The number of allylic oxidation sites excluding steroid dienone is 3. The van der Waals surface area contributed by atoms with Crippen molar-refractivity contribution in [3.63, 3.8) is 0 Å². The van der Waals surface area contributed by atoms with Gasteiger partial charge in [0.15, 0.2) is 5.13 Å². The number of anilines is 1. The number of carbonyl (C=O) groups is 4. The minimum atomic E-state index is -0.671. The Balaban J connectivity index is 1.53. The number of urea groups is 1. The van der Waals surface area contributed by atoms with Crippen LogP contribution < -0.4 is 5.32 Å². The van der Waals surface area contributed by atoms with Gasteiger partial charge in [0.2, 0.25) is 11.8 Å². The Bertz CT molecular complexity index is 902. The third kappa shape index (κ3) is 4.58. The van der Waals surface area contributed by atoms with Crippen molar-refractivity contribution < 1.29 is 23.9 Å². The summed E-state index contributed by atoms with van der Waals surface area (Å²) in [7, 11) is 0. The maximum absolute atomic E-state index is 12.5. The molecule has 1 aromatic heterocycles. The number of esters is 1. The van der Waals surface area contributed by atoms with Crippen LogP contribution in [0.2, 0.25) is 0 Å². The van der Waals surface area contributed by atoms with Crippen molar-refractivity contribution in [2.45, 2.75) is 19.8 Å². The van der Waals surface area contributed by atoms with Crippen LogP contribution in [0.5, 0.6) is 0 Å². The topological polar surface area (TPSA) is 118 Å². The van der Waals surface area contributed by atoms with E-state index in [4.69, 9.17) is 4.74 Å². The molecular weight excluding hydrogens is 384 g/mol. The highest BCUT2D eigenvalue weighted by atomic mass is 32.1. The SMILES string of the molecule is CCOC(=O)Cc1csc(NC(=O)CCN2C(=O)N=C3C=CC=CC3C2=O)n1. The van der Waals surface area contributed by atoms with E-state index in [1.54, 1.807) is 36.6 Å². The fraction of sp³-hybridized carbons (Fsp3) is 0.333. The highest BCUT2D eigenvalue weighted by molar-refractivity contribution is 7.13. The van der Waals surface area contributed by atoms with Gasteiger partial charge in [-0.15, -0.1) is 11.3 Å². The summed E-state index contributed by atoms with van der Waals surface area (Å²) in [6.45, 7) is 1.93. The molecule has 0 saturated carbocycles. The smallest absolute Gasteiger partial charge is 0.350 e. The molecule has 0 spiro atoms. The van der Waals surface area contributed by atoms with Crippen molar-refractivity contribution in [3.8, 4) is 0 Å². The Hall–Kier alpha value is -3.14. The molecule has 3 rings (SSSR count). The van der Waals surface area contributed by atoms with Crippen LogP contribution in [0.15, 0.2) is 34.7 Å². The molecule has 0 bridgehead atoms. The molecule has 0 fully saturated rings. The summed E-state index contributed by atoms with van der Waals surface area (Å²) >= 11 is 1.18. The second kappa shape index (κ2) is 8.70. The zero-order chi connectivity index (χ0) is 20.1. The third-order valence-corrected chi connectivity index (χ3v) is 4.79. The van der Waals surface area contributed by atoms with Gasteiger partial charge in [-0.2, -0.15) is 4.99 Å². The number of aromatic nitrogens is 1. The van der Waals surface area contributed by atoms with Gasteiger partial charge in [0.1, 0.15) is 0 Å². The molecule has 1 aliphatic heterocycles. The highest BCUT2D eigenvalue weighted by Gasteiger charge is 2.35. The zero-order valence-corrected chi connectivity index (χ0v) is 15.9. The highest BCUT2D eigenvalue weighted by Crippen LogP contribution is 2.20. The summed E-state index contributed by atoms with van der Waals surface area (Å²) in [5.74, 6) is -1.77. The van der Waals surface area contributed by atoms with Crippen molar-refractivity contribution in [2.75, 3.05) is 18.5 Å². The van der Waals surface area contributed by atoms with Crippen LogP contribution >= 0.6 is 11.3 Å². The summed E-state index contributed by atoms with van der Waals surface area (Å²) in [6.07, 6.45) is 6.67. The van der Waals surface area contributed by atoms with Gasteiger partial charge in [0, 0.05) is 18.3 Å². The molecule has 1 atom stereocenters. The number of rotatable bonds is 7. The largest absolute Gasteiger partial charge is 0.466 e. The number of nitrogens with zero attached hydrogens (tertiary/aromatic N) is 3. The second-order valence-corrected chi connectivity index (χ2v) is 6.81. The van der Waals surface area contributed by atoms with E-state index in [1.165, 1.54) is 11.3 Å². The first-order chi connectivity index (χ1) is 13.5. The molecule has 4 amide bonds. The van der Waals surface area contributed by atoms with Crippen LogP contribution in [-0.2, 0) is 25.5 Å². The molecule has 28 heavy (non-hydrogen) atoms. The quantitative estimate of drug-likeness (QED) is 0.694.